The lowest BCUT2D eigenvalue weighted by Crippen LogP contribution is -2.35. The zero-order valence-electron chi connectivity index (χ0n) is 20.5. The van der Waals surface area contributed by atoms with Crippen LogP contribution < -0.4 is 20.7 Å². The van der Waals surface area contributed by atoms with E-state index in [9.17, 15) is 18.0 Å². The van der Waals surface area contributed by atoms with Crippen LogP contribution in [0.25, 0.3) is 0 Å². The van der Waals surface area contributed by atoms with Crippen molar-refractivity contribution < 1.29 is 22.7 Å². The van der Waals surface area contributed by atoms with Gasteiger partial charge in [0, 0.05) is 43.6 Å². The highest BCUT2D eigenvalue weighted by atomic mass is 19.4. The number of aryl methyl sites for hydroxylation is 2. The van der Waals surface area contributed by atoms with Crippen LogP contribution in [-0.4, -0.2) is 48.2 Å². The molecule has 0 saturated carbocycles. The van der Waals surface area contributed by atoms with E-state index in [-0.39, 0.29) is 11.9 Å². The number of benzene rings is 1. The summed E-state index contributed by atoms with van der Waals surface area (Å²) in [4.78, 5) is 22.2. The molecule has 192 valence electrons. The van der Waals surface area contributed by atoms with Gasteiger partial charge in [0.05, 0.1) is 12.2 Å². The molecule has 2 heterocycles. The fourth-order valence-electron chi connectivity index (χ4n) is 4.32. The minimum Gasteiger partial charge on any atom is -0.494 e. The van der Waals surface area contributed by atoms with Crippen LogP contribution in [0.5, 0.6) is 5.75 Å². The molecule has 0 spiro atoms. The van der Waals surface area contributed by atoms with E-state index in [1.807, 2.05) is 37.8 Å². The van der Waals surface area contributed by atoms with Crippen molar-refractivity contribution in [3.05, 3.63) is 46.8 Å². The Bertz CT molecular complexity index is 965. The summed E-state index contributed by atoms with van der Waals surface area (Å²) in [6, 6.07) is 3.67. The number of ether oxygens (including phenoxy) is 1. The van der Waals surface area contributed by atoms with Crippen molar-refractivity contribution in [1.29, 1.82) is 0 Å². The molecule has 1 saturated heterocycles. The van der Waals surface area contributed by atoms with Gasteiger partial charge >= 0.3 is 6.18 Å². The average molecular weight is 494 g/mol. The summed E-state index contributed by atoms with van der Waals surface area (Å²) >= 11 is 0. The van der Waals surface area contributed by atoms with Crippen LogP contribution in [0.2, 0.25) is 0 Å². The number of piperidine rings is 1. The third-order valence-electron chi connectivity index (χ3n) is 6.21. The van der Waals surface area contributed by atoms with E-state index in [2.05, 4.69) is 15.3 Å². The molecule has 1 aliphatic rings. The third-order valence-corrected chi connectivity index (χ3v) is 6.21. The highest BCUT2D eigenvalue weighted by Gasteiger charge is 2.32. The molecule has 0 bridgehead atoms. The molecule has 1 aromatic carbocycles. The molecule has 35 heavy (non-hydrogen) atoms. The molecule has 10 heteroatoms. The Labute approximate surface area is 204 Å². The van der Waals surface area contributed by atoms with E-state index in [1.165, 1.54) is 0 Å². The molecular formula is C25H34F3N5O2. The Morgan fingerprint density at radius 3 is 2.34 bits per heavy atom. The fourth-order valence-corrected chi connectivity index (χ4v) is 4.32. The SMILES string of the molecule is Cc1cc(OCCCC2CCN(c3ncc(C(F)(F)F)cn3)CC2)cc(C)c1C(=O)NC[C@@H](C)N. The van der Waals surface area contributed by atoms with Gasteiger partial charge in [-0.1, -0.05) is 0 Å². The van der Waals surface area contributed by atoms with Gasteiger partial charge in [-0.05, 0) is 75.6 Å². The molecule has 2 aromatic rings. The van der Waals surface area contributed by atoms with Crippen molar-refractivity contribution in [2.24, 2.45) is 11.7 Å². The molecular weight excluding hydrogens is 459 g/mol. The number of carbonyl (C=O) groups is 1. The summed E-state index contributed by atoms with van der Waals surface area (Å²) in [5.74, 6) is 1.50. The second-order valence-electron chi connectivity index (χ2n) is 9.31. The third kappa shape index (κ3) is 7.55. The van der Waals surface area contributed by atoms with Crippen molar-refractivity contribution >= 4 is 11.9 Å². The zero-order chi connectivity index (χ0) is 25.6. The first-order valence-corrected chi connectivity index (χ1v) is 12.0. The number of rotatable bonds is 9. The van der Waals surface area contributed by atoms with Gasteiger partial charge in [0.1, 0.15) is 5.75 Å². The number of nitrogens with zero attached hydrogens (tertiary/aromatic N) is 3. The number of hydrogen-bond acceptors (Lipinski definition) is 6. The Morgan fingerprint density at radius 2 is 1.80 bits per heavy atom. The fraction of sp³-hybridized carbons (Fsp3) is 0.560. The van der Waals surface area contributed by atoms with Crippen LogP contribution >= 0.6 is 0 Å². The van der Waals surface area contributed by atoms with Crippen LogP contribution in [0.3, 0.4) is 0 Å². The topological polar surface area (TPSA) is 93.4 Å². The lowest BCUT2D eigenvalue weighted by molar-refractivity contribution is -0.138. The van der Waals surface area contributed by atoms with Crippen LogP contribution in [0.1, 0.15) is 59.7 Å². The number of halogens is 3. The van der Waals surface area contributed by atoms with E-state index in [1.54, 1.807) is 0 Å². The molecule has 3 N–H and O–H groups in total. The highest BCUT2D eigenvalue weighted by molar-refractivity contribution is 5.97. The molecule has 1 aromatic heterocycles. The lowest BCUT2D eigenvalue weighted by Gasteiger charge is -2.32. The maximum atomic E-state index is 12.7. The molecule has 0 radical (unpaired) electrons. The molecule has 1 fully saturated rings. The maximum Gasteiger partial charge on any atom is 0.419 e. The summed E-state index contributed by atoms with van der Waals surface area (Å²) in [6.07, 6.45) is 1.05. The van der Waals surface area contributed by atoms with E-state index >= 15 is 0 Å². The summed E-state index contributed by atoms with van der Waals surface area (Å²) in [7, 11) is 0. The lowest BCUT2D eigenvalue weighted by atomic mass is 9.92. The van der Waals surface area contributed by atoms with Gasteiger partial charge in [-0.15, -0.1) is 0 Å². The first-order chi connectivity index (χ1) is 16.5. The predicted molar refractivity (Wildman–Crippen MR) is 129 cm³/mol. The predicted octanol–water partition coefficient (Wildman–Crippen LogP) is 4.26. The van der Waals surface area contributed by atoms with E-state index in [0.717, 1.165) is 68.0 Å². The highest BCUT2D eigenvalue weighted by Crippen LogP contribution is 2.29. The first kappa shape index (κ1) is 26.7. The minimum atomic E-state index is -4.43. The smallest absolute Gasteiger partial charge is 0.419 e. The maximum absolute atomic E-state index is 12.7. The van der Waals surface area contributed by atoms with Crippen molar-refractivity contribution in [3.63, 3.8) is 0 Å². The van der Waals surface area contributed by atoms with E-state index in [0.29, 0.717) is 30.6 Å². The number of carbonyl (C=O) groups excluding carboxylic acids is 1. The zero-order valence-corrected chi connectivity index (χ0v) is 20.5. The number of nitrogens with two attached hydrogens (primary N) is 1. The largest absolute Gasteiger partial charge is 0.494 e. The molecule has 0 unspecified atom stereocenters. The normalized spacial score (nSPS) is 15.7. The van der Waals surface area contributed by atoms with E-state index < -0.39 is 11.7 Å². The van der Waals surface area contributed by atoms with Crippen molar-refractivity contribution in [3.8, 4) is 5.75 Å². The summed E-state index contributed by atoms with van der Waals surface area (Å²) in [5.41, 5.74) is 7.26. The Hall–Kier alpha value is -2.88. The van der Waals surface area contributed by atoms with Crippen LogP contribution in [0.15, 0.2) is 24.5 Å². The molecule has 0 aliphatic carbocycles. The van der Waals surface area contributed by atoms with Gasteiger partial charge in [0.25, 0.3) is 5.91 Å². The number of alkyl halides is 3. The minimum absolute atomic E-state index is 0.104. The molecule has 3 rings (SSSR count). The van der Waals surface area contributed by atoms with Gasteiger partial charge in [0.15, 0.2) is 0 Å². The van der Waals surface area contributed by atoms with Crippen LogP contribution in [0.4, 0.5) is 19.1 Å². The van der Waals surface area contributed by atoms with Gasteiger partial charge in [-0.3, -0.25) is 4.79 Å². The standard InChI is InChI=1S/C25H34F3N5O2/c1-16-11-21(12-17(2)22(16)23(34)30-13-18(3)29)35-10-4-5-19-6-8-33(9-7-19)24-31-14-20(15-32-24)25(26,27)28/h11-12,14-15,18-19H,4-10,13,29H2,1-3H3,(H,30,34)/t18-/m1/s1. The molecule has 1 aliphatic heterocycles. The second kappa shape index (κ2) is 11.7. The van der Waals surface area contributed by atoms with Crippen molar-refractivity contribution in [2.75, 3.05) is 31.1 Å². The van der Waals surface area contributed by atoms with Crippen molar-refractivity contribution in [2.45, 2.75) is 58.7 Å². The monoisotopic (exact) mass is 493 g/mol. The van der Waals surface area contributed by atoms with Gasteiger partial charge in [-0.25, -0.2) is 9.97 Å². The number of nitrogens with one attached hydrogen (secondary N) is 1. The van der Waals surface area contributed by atoms with Crippen LogP contribution in [-0.2, 0) is 6.18 Å². The number of amides is 1. The van der Waals surface area contributed by atoms with Crippen molar-refractivity contribution in [1.82, 2.24) is 15.3 Å². The summed E-state index contributed by atoms with van der Waals surface area (Å²) in [5, 5.41) is 2.85. The van der Waals surface area contributed by atoms with Gasteiger partial charge in [0.2, 0.25) is 5.95 Å². The molecule has 1 atom stereocenters. The summed E-state index contributed by atoms with van der Waals surface area (Å²) < 4.78 is 44.0. The van der Waals surface area contributed by atoms with Gasteiger partial charge < -0.3 is 20.7 Å². The molecule has 7 nitrogen and oxygen atoms in total. The molecule has 1 amide bonds. The Balaban J connectivity index is 1.41. The van der Waals surface area contributed by atoms with Gasteiger partial charge in [-0.2, -0.15) is 13.2 Å². The summed E-state index contributed by atoms with van der Waals surface area (Å²) in [6.45, 7) is 8.09. The second-order valence-corrected chi connectivity index (χ2v) is 9.31. The van der Waals surface area contributed by atoms with Crippen LogP contribution in [0, 0.1) is 19.8 Å². The quantitative estimate of drug-likeness (QED) is 0.507. The average Bonchev–Trinajstić information content (AvgIpc) is 2.80. The number of hydrogen-bond donors (Lipinski definition) is 2. The Morgan fingerprint density at radius 1 is 1.20 bits per heavy atom. The number of aromatic nitrogens is 2. The number of anilines is 1. The van der Waals surface area contributed by atoms with E-state index in [4.69, 9.17) is 10.5 Å². The first-order valence-electron chi connectivity index (χ1n) is 12.0. The Kier molecular flexibility index (Phi) is 8.93.